The van der Waals surface area contributed by atoms with E-state index in [9.17, 15) is 0 Å². The van der Waals surface area contributed by atoms with Gasteiger partial charge in [-0.15, -0.1) is 5.10 Å². The van der Waals surface area contributed by atoms with E-state index in [0.717, 1.165) is 38.4 Å². The minimum absolute atomic E-state index is 0.286. The van der Waals surface area contributed by atoms with Crippen LogP contribution in [0.3, 0.4) is 0 Å². The Bertz CT molecular complexity index is 343. The average molecular weight is 239 g/mol. The second-order valence-corrected chi connectivity index (χ2v) is 4.77. The zero-order chi connectivity index (χ0) is 12.3. The van der Waals surface area contributed by atoms with Crippen LogP contribution < -0.4 is 0 Å². The first-order valence-electron chi connectivity index (χ1n) is 6.32. The van der Waals surface area contributed by atoms with Gasteiger partial charge in [0, 0.05) is 19.6 Å². The van der Waals surface area contributed by atoms with Crippen LogP contribution in [0.1, 0.15) is 33.0 Å². The monoisotopic (exact) mass is 239 g/mol. The summed E-state index contributed by atoms with van der Waals surface area (Å²) in [6.07, 6.45) is 1.62. The largest absolute Gasteiger partial charge is 0.373 e. The maximum absolute atomic E-state index is 5.71. The molecule has 2 heterocycles. The summed E-state index contributed by atoms with van der Waals surface area (Å²) in [6, 6.07) is 0. The van der Waals surface area contributed by atoms with Gasteiger partial charge >= 0.3 is 0 Å². The highest BCUT2D eigenvalue weighted by atomic mass is 16.5. The molecule has 1 aromatic rings. The maximum atomic E-state index is 5.71. The summed E-state index contributed by atoms with van der Waals surface area (Å²) in [5, 5.41) is 11.9. The van der Waals surface area contributed by atoms with Crippen LogP contribution in [-0.2, 0) is 17.8 Å². The molecule has 0 bridgehead atoms. The van der Waals surface area contributed by atoms with Crippen molar-refractivity contribution in [2.24, 2.45) is 0 Å². The zero-order valence-electron chi connectivity index (χ0n) is 10.8. The normalized spacial score (nSPS) is 26.3. The summed E-state index contributed by atoms with van der Waals surface area (Å²) in [5.41, 5.74) is 0. The van der Waals surface area contributed by atoms with Crippen molar-refractivity contribution in [2.75, 3.05) is 13.1 Å². The number of tetrazole rings is 1. The van der Waals surface area contributed by atoms with Crippen LogP contribution in [0.2, 0.25) is 0 Å². The summed E-state index contributed by atoms with van der Waals surface area (Å²) < 4.78 is 7.61. The van der Waals surface area contributed by atoms with Crippen molar-refractivity contribution < 1.29 is 4.74 Å². The summed E-state index contributed by atoms with van der Waals surface area (Å²) >= 11 is 0. The molecule has 0 aromatic carbocycles. The molecule has 6 heteroatoms. The molecule has 1 aliphatic heterocycles. The first kappa shape index (κ1) is 12.4. The van der Waals surface area contributed by atoms with E-state index in [1.165, 1.54) is 0 Å². The van der Waals surface area contributed by atoms with Gasteiger partial charge in [-0.1, -0.05) is 6.92 Å². The smallest absolute Gasteiger partial charge is 0.165 e. The molecule has 1 fully saturated rings. The van der Waals surface area contributed by atoms with Crippen molar-refractivity contribution in [3.05, 3.63) is 5.82 Å². The molecule has 6 nitrogen and oxygen atoms in total. The van der Waals surface area contributed by atoms with E-state index in [1.807, 2.05) is 4.68 Å². The van der Waals surface area contributed by atoms with Gasteiger partial charge in [-0.3, -0.25) is 4.90 Å². The molecule has 0 unspecified atom stereocenters. The highest BCUT2D eigenvalue weighted by Crippen LogP contribution is 2.12. The number of aromatic nitrogens is 4. The number of hydrogen-bond acceptors (Lipinski definition) is 5. The third-order valence-electron chi connectivity index (χ3n) is 2.90. The van der Waals surface area contributed by atoms with Gasteiger partial charge in [0.2, 0.25) is 0 Å². The molecule has 2 rings (SSSR count). The Hall–Kier alpha value is -1.01. The van der Waals surface area contributed by atoms with Crippen LogP contribution in [0.25, 0.3) is 0 Å². The lowest BCUT2D eigenvalue weighted by Crippen LogP contribution is -2.45. The van der Waals surface area contributed by atoms with E-state index >= 15 is 0 Å². The predicted octanol–water partition coefficient (Wildman–Crippen LogP) is 0.692. The number of morpholine rings is 1. The van der Waals surface area contributed by atoms with Crippen LogP contribution in [0, 0.1) is 0 Å². The Labute approximate surface area is 102 Å². The molecule has 0 aliphatic carbocycles. The topological polar surface area (TPSA) is 56.1 Å². The molecule has 1 aromatic heterocycles. The highest BCUT2D eigenvalue weighted by molar-refractivity contribution is 4.84. The standard InChI is InChI=1S/C11H21N5O/c1-4-5-16-11(12-13-14-16)8-15-6-9(2)17-10(3)7-15/h9-10H,4-8H2,1-3H3/t9-,10-/m1/s1. The molecule has 96 valence electrons. The molecule has 0 N–H and O–H groups in total. The fourth-order valence-electron chi connectivity index (χ4n) is 2.34. The van der Waals surface area contributed by atoms with E-state index in [-0.39, 0.29) is 12.2 Å². The Morgan fingerprint density at radius 2 is 2.00 bits per heavy atom. The summed E-state index contributed by atoms with van der Waals surface area (Å²) in [6.45, 7) is 9.94. The molecule has 0 amide bonds. The predicted molar refractivity (Wildman–Crippen MR) is 63.4 cm³/mol. The Morgan fingerprint density at radius 1 is 1.29 bits per heavy atom. The van der Waals surface area contributed by atoms with Gasteiger partial charge in [-0.2, -0.15) is 0 Å². The molecule has 0 saturated carbocycles. The minimum Gasteiger partial charge on any atom is -0.373 e. The van der Waals surface area contributed by atoms with Gasteiger partial charge in [0.1, 0.15) is 0 Å². The van der Waals surface area contributed by atoms with Crippen LogP contribution in [0.5, 0.6) is 0 Å². The quantitative estimate of drug-likeness (QED) is 0.774. The van der Waals surface area contributed by atoms with Gasteiger partial charge in [0.15, 0.2) is 5.82 Å². The van der Waals surface area contributed by atoms with E-state index in [0.29, 0.717) is 0 Å². The van der Waals surface area contributed by atoms with Gasteiger partial charge < -0.3 is 4.74 Å². The molecule has 0 spiro atoms. The third kappa shape index (κ3) is 3.23. The second kappa shape index (κ2) is 5.55. The van der Waals surface area contributed by atoms with Gasteiger partial charge in [-0.05, 0) is 30.7 Å². The fourth-order valence-corrected chi connectivity index (χ4v) is 2.34. The lowest BCUT2D eigenvalue weighted by molar-refractivity contribution is -0.0713. The molecule has 1 aliphatic rings. The molecule has 2 atom stereocenters. The van der Waals surface area contributed by atoms with Crippen LogP contribution in [0.4, 0.5) is 0 Å². The maximum Gasteiger partial charge on any atom is 0.165 e. The molecule has 17 heavy (non-hydrogen) atoms. The van der Waals surface area contributed by atoms with Crippen LogP contribution >= 0.6 is 0 Å². The van der Waals surface area contributed by atoms with E-state index in [1.54, 1.807) is 0 Å². The Morgan fingerprint density at radius 3 is 2.65 bits per heavy atom. The van der Waals surface area contributed by atoms with Gasteiger partial charge in [-0.25, -0.2) is 4.68 Å². The highest BCUT2D eigenvalue weighted by Gasteiger charge is 2.23. The lowest BCUT2D eigenvalue weighted by atomic mass is 10.2. The summed E-state index contributed by atoms with van der Waals surface area (Å²) in [7, 11) is 0. The molecule has 0 radical (unpaired) electrons. The van der Waals surface area contributed by atoms with E-state index in [2.05, 4.69) is 41.2 Å². The number of ether oxygens (including phenoxy) is 1. The number of rotatable bonds is 4. The lowest BCUT2D eigenvalue weighted by Gasteiger charge is -2.34. The van der Waals surface area contributed by atoms with Crippen molar-refractivity contribution in [3.8, 4) is 0 Å². The molecular formula is C11H21N5O. The third-order valence-corrected chi connectivity index (χ3v) is 2.90. The first-order chi connectivity index (χ1) is 8.19. The first-order valence-corrected chi connectivity index (χ1v) is 6.32. The van der Waals surface area contributed by atoms with Crippen LogP contribution in [-0.4, -0.2) is 50.4 Å². The average Bonchev–Trinajstić information content (AvgIpc) is 2.65. The number of hydrogen-bond donors (Lipinski definition) is 0. The molecule has 1 saturated heterocycles. The fraction of sp³-hybridized carbons (Fsp3) is 0.909. The summed E-state index contributed by atoms with van der Waals surface area (Å²) in [4.78, 5) is 2.36. The molecular weight excluding hydrogens is 218 g/mol. The van der Waals surface area contributed by atoms with Gasteiger partial charge in [0.05, 0.1) is 18.8 Å². The second-order valence-electron chi connectivity index (χ2n) is 4.77. The van der Waals surface area contributed by atoms with Crippen molar-refractivity contribution >= 4 is 0 Å². The van der Waals surface area contributed by atoms with Crippen molar-refractivity contribution in [1.82, 2.24) is 25.1 Å². The van der Waals surface area contributed by atoms with Crippen molar-refractivity contribution in [3.63, 3.8) is 0 Å². The summed E-state index contributed by atoms with van der Waals surface area (Å²) in [5.74, 6) is 0.952. The van der Waals surface area contributed by atoms with Crippen LogP contribution in [0.15, 0.2) is 0 Å². The number of nitrogens with zero attached hydrogens (tertiary/aromatic N) is 5. The van der Waals surface area contributed by atoms with Crippen molar-refractivity contribution in [1.29, 1.82) is 0 Å². The Balaban J connectivity index is 1.97. The van der Waals surface area contributed by atoms with Gasteiger partial charge in [0.25, 0.3) is 0 Å². The van der Waals surface area contributed by atoms with E-state index < -0.39 is 0 Å². The zero-order valence-corrected chi connectivity index (χ0v) is 10.8. The SMILES string of the molecule is CCCn1nnnc1CN1C[C@@H](C)O[C@H](C)C1. The van der Waals surface area contributed by atoms with E-state index in [4.69, 9.17) is 4.74 Å². The number of aryl methyl sites for hydroxylation is 1. The van der Waals surface area contributed by atoms with Crippen molar-refractivity contribution in [2.45, 2.75) is 52.5 Å². The Kier molecular flexibility index (Phi) is 4.06. The minimum atomic E-state index is 0.286.